The van der Waals surface area contributed by atoms with Crippen LogP contribution in [-0.2, 0) is 20.7 Å². The fourth-order valence-corrected chi connectivity index (χ4v) is 2.46. The van der Waals surface area contributed by atoms with E-state index in [1.54, 1.807) is 0 Å². The maximum absolute atomic E-state index is 11.7. The van der Waals surface area contributed by atoms with Gasteiger partial charge in [-0.1, -0.05) is 18.2 Å². The van der Waals surface area contributed by atoms with Crippen molar-refractivity contribution in [2.75, 3.05) is 6.61 Å². The summed E-state index contributed by atoms with van der Waals surface area (Å²) >= 11 is 0. The second-order valence-corrected chi connectivity index (χ2v) is 6.42. The number of fused-ring (bicyclic) bond motifs is 1. The van der Waals surface area contributed by atoms with Gasteiger partial charge in [-0.3, -0.25) is 4.79 Å². The van der Waals surface area contributed by atoms with Crippen molar-refractivity contribution in [2.24, 2.45) is 0 Å². The Morgan fingerprint density at radius 2 is 1.70 bits per heavy atom. The molecule has 2 heterocycles. The fraction of sp³-hybridized carbons (Fsp3) is 0.533. The third kappa shape index (κ3) is 2.10. The molecule has 0 atom stereocenters. The van der Waals surface area contributed by atoms with Gasteiger partial charge in [-0.25, -0.2) is 0 Å². The molecule has 1 aromatic carbocycles. The van der Waals surface area contributed by atoms with Gasteiger partial charge in [0.1, 0.15) is 6.61 Å². The Hall–Kier alpha value is -1.17. The van der Waals surface area contributed by atoms with E-state index in [9.17, 15) is 4.79 Å². The highest BCUT2D eigenvalue weighted by Gasteiger charge is 2.51. The molecule has 106 valence electrons. The quantitative estimate of drug-likeness (QED) is 0.731. The molecule has 0 bridgehead atoms. The van der Waals surface area contributed by atoms with E-state index >= 15 is 0 Å². The Bertz CT molecular complexity index is 549. The van der Waals surface area contributed by atoms with Gasteiger partial charge in [0.2, 0.25) is 0 Å². The van der Waals surface area contributed by atoms with Crippen molar-refractivity contribution in [1.29, 1.82) is 0 Å². The molecule has 1 aromatic rings. The summed E-state index contributed by atoms with van der Waals surface area (Å²) in [6.45, 7) is 8.74. The molecule has 0 N–H and O–H groups in total. The van der Waals surface area contributed by atoms with Crippen LogP contribution in [0.4, 0.5) is 0 Å². The monoisotopic (exact) mass is 274 g/mol. The van der Waals surface area contributed by atoms with Crippen LogP contribution in [0.3, 0.4) is 0 Å². The van der Waals surface area contributed by atoms with E-state index in [-0.39, 0.29) is 23.6 Å². The molecule has 0 radical (unpaired) electrons. The topological polar surface area (TPSA) is 44.8 Å². The summed E-state index contributed by atoms with van der Waals surface area (Å²) in [5.41, 5.74) is 1.87. The number of rotatable bonds is 1. The summed E-state index contributed by atoms with van der Waals surface area (Å²) in [4.78, 5) is 11.7. The first-order valence-corrected chi connectivity index (χ1v) is 6.89. The summed E-state index contributed by atoms with van der Waals surface area (Å²) in [5, 5.41) is 0. The minimum absolute atomic E-state index is 0.0340. The molecule has 0 aromatic heterocycles. The molecule has 4 nitrogen and oxygen atoms in total. The van der Waals surface area contributed by atoms with Gasteiger partial charge in [0, 0.05) is 5.56 Å². The normalized spacial score (nSPS) is 23.8. The van der Waals surface area contributed by atoms with Crippen LogP contribution in [0.5, 0.6) is 0 Å². The lowest BCUT2D eigenvalue weighted by molar-refractivity contribution is 0.00578. The number of Topliss-reactive ketones (excluding diaryl/α,β-unsaturated/α-hetero) is 1. The molecule has 0 unspecified atom stereocenters. The Morgan fingerprint density at radius 3 is 2.35 bits per heavy atom. The van der Waals surface area contributed by atoms with Crippen molar-refractivity contribution in [3.8, 4) is 0 Å². The van der Waals surface area contributed by atoms with Crippen LogP contribution >= 0.6 is 0 Å². The number of ether oxygens (including phenoxy) is 1. The van der Waals surface area contributed by atoms with Crippen LogP contribution in [0.25, 0.3) is 0 Å². The van der Waals surface area contributed by atoms with Crippen molar-refractivity contribution >= 4 is 18.4 Å². The number of carbonyl (C=O) groups is 1. The fourth-order valence-electron chi connectivity index (χ4n) is 2.46. The van der Waals surface area contributed by atoms with Gasteiger partial charge >= 0.3 is 7.12 Å². The Balaban J connectivity index is 1.92. The van der Waals surface area contributed by atoms with E-state index in [1.807, 2.05) is 45.9 Å². The van der Waals surface area contributed by atoms with Crippen molar-refractivity contribution in [3.05, 3.63) is 29.3 Å². The number of benzene rings is 1. The molecule has 0 spiro atoms. The van der Waals surface area contributed by atoms with Crippen molar-refractivity contribution in [1.82, 2.24) is 0 Å². The molecule has 20 heavy (non-hydrogen) atoms. The third-order valence-corrected chi connectivity index (χ3v) is 4.45. The van der Waals surface area contributed by atoms with E-state index in [1.165, 1.54) is 0 Å². The zero-order valence-electron chi connectivity index (χ0n) is 12.4. The summed E-state index contributed by atoms with van der Waals surface area (Å²) in [5.74, 6) is 0.0340. The predicted molar refractivity (Wildman–Crippen MR) is 76.1 cm³/mol. The number of hydrogen-bond donors (Lipinski definition) is 0. The Labute approximate surface area is 119 Å². The zero-order chi connectivity index (χ0) is 14.5. The molecule has 2 aliphatic rings. The second kappa shape index (κ2) is 4.42. The van der Waals surface area contributed by atoms with E-state index in [4.69, 9.17) is 14.0 Å². The minimum Gasteiger partial charge on any atom is -0.399 e. The van der Waals surface area contributed by atoms with Crippen LogP contribution in [0.15, 0.2) is 18.2 Å². The van der Waals surface area contributed by atoms with Gasteiger partial charge in [0.25, 0.3) is 0 Å². The number of carbonyl (C=O) groups excluding carboxylic acids is 1. The van der Waals surface area contributed by atoms with Crippen LogP contribution in [-0.4, -0.2) is 30.7 Å². The lowest BCUT2D eigenvalue weighted by Crippen LogP contribution is -2.41. The van der Waals surface area contributed by atoms with Crippen LogP contribution in [0, 0.1) is 0 Å². The number of ketones is 1. The van der Waals surface area contributed by atoms with Gasteiger partial charge in [-0.2, -0.15) is 0 Å². The largest absolute Gasteiger partial charge is 0.494 e. The highest BCUT2D eigenvalue weighted by Crippen LogP contribution is 2.36. The van der Waals surface area contributed by atoms with Crippen molar-refractivity contribution in [3.63, 3.8) is 0 Å². The van der Waals surface area contributed by atoms with Gasteiger partial charge in [-0.05, 0) is 38.7 Å². The van der Waals surface area contributed by atoms with Gasteiger partial charge in [0.05, 0.1) is 17.8 Å². The van der Waals surface area contributed by atoms with Gasteiger partial charge in [0.15, 0.2) is 5.78 Å². The lowest BCUT2D eigenvalue weighted by Gasteiger charge is -2.32. The predicted octanol–water partition coefficient (Wildman–Crippen LogP) is 1.70. The average molecular weight is 274 g/mol. The SMILES string of the molecule is CC1(C)OB(c2ccc3c(c2)COCC3=O)OC1(C)C. The second-order valence-electron chi connectivity index (χ2n) is 6.42. The first kappa shape index (κ1) is 13.8. The molecule has 2 aliphatic heterocycles. The van der Waals surface area contributed by atoms with Crippen LogP contribution in [0.2, 0.25) is 0 Å². The van der Waals surface area contributed by atoms with Gasteiger partial charge in [-0.15, -0.1) is 0 Å². The highest BCUT2D eigenvalue weighted by molar-refractivity contribution is 6.62. The molecule has 0 aliphatic carbocycles. The molecule has 1 fully saturated rings. The Morgan fingerprint density at radius 1 is 1.05 bits per heavy atom. The zero-order valence-corrected chi connectivity index (χ0v) is 12.4. The van der Waals surface area contributed by atoms with Crippen LogP contribution in [0.1, 0.15) is 43.6 Å². The Kier molecular flexibility index (Phi) is 3.05. The molecule has 1 saturated heterocycles. The summed E-state index contributed by atoms with van der Waals surface area (Å²) in [6.07, 6.45) is 0. The first-order valence-electron chi connectivity index (χ1n) is 6.89. The molecule has 0 saturated carbocycles. The highest BCUT2D eigenvalue weighted by atomic mass is 16.7. The van der Waals surface area contributed by atoms with E-state index < -0.39 is 7.12 Å². The standard InChI is InChI=1S/C15H19BO4/c1-14(2)15(3,4)20-16(19-14)11-5-6-12-10(7-11)8-18-9-13(12)17/h5-7H,8-9H2,1-4H3. The average Bonchev–Trinajstić information content (AvgIpc) is 2.58. The molecular formula is C15H19BO4. The summed E-state index contributed by atoms with van der Waals surface area (Å²) < 4.78 is 17.3. The maximum Gasteiger partial charge on any atom is 0.494 e. The smallest absolute Gasteiger partial charge is 0.399 e. The molecule has 0 amide bonds. The molecule has 5 heteroatoms. The van der Waals surface area contributed by atoms with Crippen molar-refractivity contribution in [2.45, 2.75) is 45.5 Å². The lowest BCUT2D eigenvalue weighted by atomic mass is 9.77. The van der Waals surface area contributed by atoms with E-state index in [0.29, 0.717) is 6.61 Å². The summed E-state index contributed by atoms with van der Waals surface area (Å²) in [7, 11) is -0.401. The van der Waals surface area contributed by atoms with E-state index in [2.05, 4.69) is 0 Å². The third-order valence-electron chi connectivity index (χ3n) is 4.45. The van der Waals surface area contributed by atoms with Crippen molar-refractivity contribution < 1.29 is 18.8 Å². The molecule has 3 rings (SSSR count). The van der Waals surface area contributed by atoms with E-state index in [0.717, 1.165) is 16.6 Å². The minimum atomic E-state index is -0.401. The van der Waals surface area contributed by atoms with Gasteiger partial charge < -0.3 is 14.0 Å². The maximum atomic E-state index is 11.7. The molecular weight excluding hydrogens is 255 g/mol. The number of hydrogen-bond acceptors (Lipinski definition) is 4. The first-order chi connectivity index (χ1) is 9.30. The van der Waals surface area contributed by atoms with Crippen LogP contribution < -0.4 is 5.46 Å². The summed E-state index contributed by atoms with van der Waals surface area (Å²) in [6, 6.07) is 5.71.